The molecule has 0 aliphatic rings. The predicted molar refractivity (Wildman–Crippen MR) is 81.9 cm³/mol. The Morgan fingerprint density at radius 3 is 2.50 bits per heavy atom. The van der Waals surface area contributed by atoms with Gasteiger partial charge in [-0.05, 0) is 24.3 Å². The molecule has 2 rings (SSSR count). The van der Waals surface area contributed by atoms with Gasteiger partial charge in [0.05, 0.1) is 15.7 Å². The molecular weight excluding hydrogens is 317 g/mol. The summed E-state index contributed by atoms with van der Waals surface area (Å²) in [4.78, 5) is 16.4. The van der Waals surface area contributed by atoms with Gasteiger partial charge < -0.3 is 0 Å². The molecule has 0 aliphatic carbocycles. The normalized spacial score (nSPS) is 10.3. The first-order valence-corrected chi connectivity index (χ1v) is 7.39. The zero-order chi connectivity index (χ0) is 14.5. The number of pyridine rings is 1. The average Bonchev–Trinajstić information content (AvgIpc) is 2.46. The molecule has 0 saturated carbocycles. The Kier molecular flexibility index (Phi) is 5.25. The lowest BCUT2D eigenvalue weighted by Gasteiger charge is -2.07. The second-order valence-electron chi connectivity index (χ2n) is 3.83. The van der Waals surface area contributed by atoms with Gasteiger partial charge in [0.2, 0.25) is 0 Å². The standard InChI is InChI=1S/C13H11Cl2N3OS/c14-9-4-2-5-10(15)12(9)20-7-8-3-1-6-11(17-8)13(19)18-16/h1-6H,7,16H2,(H,18,19). The van der Waals surface area contributed by atoms with Crippen LogP contribution in [0.2, 0.25) is 10.0 Å². The van der Waals surface area contributed by atoms with E-state index < -0.39 is 5.91 Å². The van der Waals surface area contributed by atoms with Gasteiger partial charge in [0.15, 0.2) is 0 Å². The van der Waals surface area contributed by atoms with Crippen LogP contribution in [0.4, 0.5) is 0 Å². The van der Waals surface area contributed by atoms with Crippen LogP contribution in [0.25, 0.3) is 0 Å². The smallest absolute Gasteiger partial charge is 0.283 e. The highest BCUT2D eigenvalue weighted by molar-refractivity contribution is 7.98. The number of hydrazine groups is 1. The SMILES string of the molecule is NNC(=O)c1cccc(CSc2c(Cl)cccc2Cl)n1. The molecule has 1 aromatic heterocycles. The number of nitrogens with one attached hydrogen (secondary N) is 1. The summed E-state index contributed by atoms with van der Waals surface area (Å²) in [6.45, 7) is 0. The van der Waals surface area contributed by atoms with E-state index in [9.17, 15) is 4.79 Å². The van der Waals surface area contributed by atoms with Crippen molar-refractivity contribution in [2.75, 3.05) is 0 Å². The van der Waals surface area contributed by atoms with Gasteiger partial charge in [-0.2, -0.15) is 0 Å². The van der Waals surface area contributed by atoms with Crippen molar-refractivity contribution < 1.29 is 4.79 Å². The van der Waals surface area contributed by atoms with Crippen LogP contribution >= 0.6 is 35.0 Å². The number of hydrogen-bond donors (Lipinski definition) is 2. The molecule has 3 N–H and O–H groups in total. The molecule has 104 valence electrons. The molecule has 0 bridgehead atoms. The van der Waals surface area contributed by atoms with Crippen LogP contribution in [-0.4, -0.2) is 10.9 Å². The van der Waals surface area contributed by atoms with E-state index in [4.69, 9.17) is 29.0 Å². The molecule has 0 aliphatic heterocycles. The van der Waals surface area contributed by atoms with Gasteiger partial charge in [0, 0.05) is 10.6 Å². The molecule has 0 unspecified atom stereocenters. The van der Waals surface area contributed by atoms with Gasteiger partial charge in [0.1, 0.15) is 5.69 Å². The lowest BCUT2D eigenvalue weighted by atomic mass is 10.3. The van der Waals surface area contributed by atoms with Gasteiger partial charge in [0.25, 0.3) is 5.91 Å². The van der Waals surface area contributed by atoms with Gasteiger partial charge >= 0.3 is 0 Å². The van der Waals surface area contributed by atoms with Crippen LogP contribution in [0.5, 0.6) is 0 Å². The van der Waals surface area contributed by atoms with Crippen molar-refractivity contribution in [1.82, 2.24) is 10.4 Å². The van der Waals surface area contributed by atoms with Crippen molar-refractivity contribution in [3.63, 3.8) is 0 Å². The first kappa shape index (κ1) is 15.1. The average molecular weight is 328 g/mol. The van der Waals surface area contributed by atoms with Crippen LogP contribution < -0.4 is 11.3 Å². The highest BCUT2D eigenvalue weighted by atomic mass is 35.5. The number of halogens is 2. The molecule has 0 spiro atoms. The van der Waals surface area contributed by atoms with Crippen LogP contribution in [0.15, 0.2) is 41.3 Å². The maximum atomic E-state index is 11.4. The second-order valence-corrected chi connectivity index (χ2v) is 5.63. The highest BCUT2D eigenvalue weighted by Crippen LogP contribution is 2.35. The Morgan fingerprint density at radius 1 is 1.20 bits per heavy atom. The van der Waals surface area contributed by atoms with Gasteiger partial charge in [-0.1, -0.05) is 35.3 Å². The molecule has 0 fully saturated rings. The molecule has 0 saturated heterocycles. The Hall–Kier alpha value is -1.27. The Morgan fingerprint density at radius 2 is 1.85 bits per heavy atom. The first-order valence-electron chi connectivity index (χ1n) is 5.65. The van der Waals surface area contributed by atoms with Crippen LogP contribution in [-0.2, 0) is 5.75 Å². The van der Waals surface area contributed by atoms with Gasteiger partial charge in [-0.25, -0.2) is 10.8 Å². The zero-order valence-electron chi connectivity index (χ0n) is 10.3. The largest absolute Gasteiger partial charge is 0.289 e. The summed E-state index contributed by atoms with van der Waals surface area (Å²) in [6.07, 6.45) is 0. The number of thioether (sulfide) groups is 1. The van der Waals surface area contributed by atoms with Crippen molar-refractivity contribution in [3.05, 3.63) is 57.8 Å². The predicted octanol–water partition coefficient (Wildman–Crippen LogP) is 3.28. The number of benzene rings is 1. The molecule has 1 aromatic carbocycles. The molecule has 7 heteroatoms. The van der Waals surface area contributed by atoms with Crippen molar-refractivity contribution >= 4 is 40.9 Å². The quantitative estimate of drug-likeness (QED) is 0.391. The van der Waals surface area contributed by atoms with Crippen molar-refractivity contribution in [2.45, 2.75) is 10.6 Å². The Labute approximate surface area is 130 Å². The third-order valence-electron chi connectivity index (χ3n) is 2.45. The fourth-order valence-corrected chi connectivity index (χ4v) is 3.12. The summed E-state index contributed by atoms with van der Waals surface area (Å²) >= 11 is 13.7. The van der Waals surface area contributed by atoms with Crippen LogP contribution in [0.1, 0.15) is 16.2 Å². The Bertz CT molecular complexity index is 617. The third-order valence-corrected chi connectivity index (χ3v) is 4.48. The highest BCUT2D eigenvalue weighted by Gasteiger charge is 2.09. The second kappa shape index (κ2) is 6.95. The van der Waals surface area contributed by atoms with E-state index in [1.807, 2.05) is 6.07 Å². The number of nitrogens with zero attached hydrogens (tertiary/aromatic N) is 1. The number of amides is 1. The van der Waals surface area contributed by atoms with E-state index in [1.165, 1.54) is 11.8 Å². The Balaban J connectivity index is 2.13. The molecular formula is C13H11Cl2N3OS. The number of rotatable bonds is 4. The lowest BCUT2D eigenvalue weighted by molar-refractivity contribution is 0.0948. The van der Waals surface area contributed by atoms with Gasteiger partial charge in [-0.15, -0.1) is 11.8 Å². The maximum absolute atomic E-state index is 11.4. The monoisotopic (exact) mass is 327 g/mol. The molecule has 2 aromatic rings. The summed E-state index contributed by atoms with van der Waals surface area (Å²) in [5.41, 5.74) is 3.07. The number of carbonyl (C=O) groups excluding carboxylic acids is 1. The van der Waals surface area contributed by atoms with Crippen molar-refractivity contribution in [1.29, 1.82) is 0 Å². The van der Waals surface area contributed by atoms with E-state index >= 15 is 0 Å². The minimum Gasteiger partial charge on any atom is -0.289 e. The molecule has 20 heavy (non-hydrogen) atoms. The maximum Gasteiger partial charge on any atom is 0.283 e. The number of aromatic nitrogens is 1. The fraction of sp³-hybridized carbons (Fsp3) is 0.0769. The summed E-state index contributed by atoms with van der Waals surface area (Å²) < 4.78 is 0. The third kappa shape index (κ3) is 3.64. The van der Waals surface area contributed by atoms with Crippen LogP contribution in [0, 0.1) is 0 Å². The van der Waals surface area contributed by atoms with Gasteiger partial charge in [-0.3, -0.25) is 10.2 Å². The lowest BCUT2D eigenvalue weighted by Crippen LogP contribution is -2.30. The topological polar surface area (TPSA) is 68.0 Å². The van der Waals surface area contributed by atoms with Crippen LogP contribution in [0.3, 0.4) is 0 Å². The number of nitrogen functional groups attached to an aromatic ring is 1. The van der Waals surface area contributed by atoms with E-state index in [1.54, 1.807) is 30.3 Å². The van der Waals surface area contributed by atoms with E-state index in [0.29, 0.717) is 15.8 Å². The summed E-state index contributed by atoms with van der Waals surface area (Å²) in [7, 11) is 0. The number of hydrogen-bond acceptors (Lipinski definition) is 4. The molecule has 4 nitrogen and oxygen atoms in total. The van der Waals surface area contributed by atoms with Crippen molar-refractivity contribution in [2.24, 2.45) is 5.84 Å². The van der Waals surface area contributed by atoms with E-state index in [2.05, 4.69) is 10.4 Å². The fourth-order valence-electron chi connectivity index (χ4n) is 1.53. The molecule has 1 heterocycles. The minimum atomic E-state index is -0.423. The van der Waals surface area contributed by atoms with E-state index in [0.717, 1.165) is 10.6 Å². The summed E-state index contributed by atoms with van der Waals surface area (Å²) in [6, 6.07) is 10.5. The zero-order valence-corrected chi connectivity index (χ0v) is 12.6. The summed E-state index contributed by atoms with van der Waals surface area (Å²) in [5, 5.41) is 1.19. The molecule has 0 radical (unpaired) electrons. The van der Waals surface area contributed by atoms with E-state index in [-0.39, 0.29) is 5.69 Å². The first-order chi connectivity index (χ1) is 9.61. The summed E-state index contributed by atoms with van der Waals surface area (Å²) in [5.74, 6) is 5.21. The van der Waals surface area contributed by atoms with Crippen molar-refractivity contribution in [3.8, 4) is 0 Å². The number of carbonyl (C=O) groups is 1. The molecule has 1 amide bonds. The number of nitrogens with two attached hydrogens (primary N) is 1. The molecule has 0 atom stereocenters. The minimum absolute atomic E-state index is 0.274.